The predicted octanol–water partition coefficient (Wildman–Crippen LogP) is 1.28. The number of nitrogens with one attached hydrogen (secondary N) is 1. The number of aliphatic hydroxyl groups is 4. The number of benzene rings is 1. The van der Waals surface area contributed by atoms with E-state index in [9.17, 15) is 33.3 Å². The second-order valence-electron chi connectivity index (χ2n) is 7.22. The number of hydrogen-bond donors (Lipinski definition) is 5. The van der Waals surface area contributed by atoms with Crippen molar-refractivity contribution in [2.75, 3.05) is 11.9 Å². The third-order valence-corrected chi connectivity index (χ3v) is 5.19. The predicted molar refractivity (Wildman–Crippen MR) is 103 cm³/mol. The van der Waals surface area contributed by atoms with E-state index in [-0.39, 0.29) is 11.4 Å². The molecule has 1 fully saturated rings. The Hall–Kier alpha value is -2.90. The number of aliphatic hydroxyl groups excluding tert-OH is 4. The largest absolute Gasteiger partial charge is 0.464 e. The van der Waals surface area contributed by atoms with Gasteiger partial charge >= 0.3 is 11.8 Å². The molecule has 5 atom stereocenters. The van der Waals surface area contributed by atoms with Crippen LogP contribution in [0.15, 0.2) is 50.2 Å². The van der Waals surface area contributed by atoms with Gasteiger partial charge in [0.05, 0.1) is 18.4 Å². The first-order valence-electron chi connectivity index (χ1n) is 9.41. The lowest BCUT2D eigenvalue weighted by molar-refractivity contribution is -0.245. The van der Waals surface area contributed by atoms with Crippen molar-refractivity contribution in [3.05, 3.63) is 52.6 Å². The van der Waals surface area contributed by atoms with Gasteiger partial charge in [0, 0.05) is 17.1 Å². The first kappa shape index (κ1) is 22.3. The van der Waals surface area contributed by atoms with Crippen LogP contribution in [-0.4, -0.2) is 57.7 Å². The Bertz CT molecular complexity index is 1160. The Kier molecular flexibility index (Phi) is 5.73. The van der Waals surface area contributed by atoms with E-state index in [0.29, 0.717) is 0 Å². The van der Waals surface area contributed by atoms with Crippen LogP contribution in [-0.2, 0) is 10.9 Å². The summed E-state index contributed by atoms with van der Waals surface area (Å²) in [6.07, 6.45) is -9.76. The summed E-state index contributed by atoms with van der Waals surface area (Å²) in [7, 11) is 0. The quantitative estimate of drug-likeness (QED) is 0.366. The zero-order valence-corrected chi connectivity index (χ0v) is 16.1. The van der Waals surface area contributed by atoms with Crippen LogP contribution in [0.2, 0.25) is 0 Å². The van der Waals surface area contributed by atoms with Crippen LogP contribution < -0.4 is 10.9 Å². The molecule has 1 saturated heterocycles. The zero-order valence-electron chi connectivity index (χ0n) is 16.1. The number of fused-ring (bicyclic) bond motifs is 1. The molecule has 9 nitrogen and oxygen atoms in total. The van der Waals surface area contributed by atoms with Crippen LogP contribution in [0.25, 0.3) is 22.3 Å². The number of ether oxygens (including phenoxy) is 1. The highest BCUT2D eigenvalue weighted by Gasteiger charge is 2.44. The molecule has 3 unspecified atom stereocenters. The van der Waals surface area contributed by atoms with Gasteiger partial charge in [-0.3, -0.25) is 0 Å². The van der Waals surface area contributed by atoms with Gasteiger partial charge in [0.2, 0.25) is 0 Å². The summed E-state index contributed by atoms with van der Waals surface area (Å²) in [4.78, 5) is 12.4. The summed E-state index contributed by atoms with van der Waals surface area (Å²) < 4.78 is 56.7. The molecule has 0 radical (unpaired) electrons. The average Bonchev–Trinajstić information content (AvgIpc) is 3.26. The molecule has 2 aromatic heterocycles. The van der Waals surface area contributed by atoms with Gasteiger partial charge in [-0.05, 0) is 24.3 Å². The summed E-state index contributed by atoms with van der Waals surface area (Å²) in [6.45, 7) is -0.651. The molecule has 4 rings (SSSR count). The summed E-state index contributed by atoms with van der Waals surface area (Å²) >= 11 is 0. The van der Waals surface area contributed by atoms with Crippen LogP contribution in [0.5, 0.6) is 0 Å². The summed E-state index contributed by atoms with van der Waals surface area (Å²) in [5, 5.41) is 41.6. The first-order valence-corrected chi connectivity index (χ1v) is 9.41. The first-order chi connectivity index (χ1) is 15.1. The fourth-order valence-electron chi connectivity index (χ4n) is 3.68. The monoisotopic (exact) mass is 457 g/mol. The normalized spacial score (nSPS) is 26.4. The number of alkyl halides is 3. The van der Waals surface area contributed by atoms with Crippen molar-refractivity contribution in [1.29, 1.82) is 0 Å². The lowest BCUT2D eigenvalue weighted by Gasteiger charge is -2.40. The van der Waals surface area contributed by atoms with Gasteiger partial charge in [0.15, 0.2) is 6.29 Å². The Morgan fingerprint density at radius 1 is 1.09 bits per heavy atom. The number of furan rings is 1. The minimum Gasteiger partial charge on any atom is -0.464 e. The van der Waals surface area contributed by atoms with Gasteiger partial charge < -0.3 is 39.3 Å². The van der Waals surface area contributed by atoms with E-state index in [2.05, 4.69) is 5.32 Å². The molecule has 172 valence electrons. The topological polar surface area (TPSA) is 146 Å². The van der Waals surface area contributed by atoms with E-state index in [1.54, 1.807) is 0 Å². The molecule has 0 amide bonds. The Morgan fingerprint density at radius 3 is 2.47 bits per heavy atom. The van der Waals surface area contributed by atoms with E-state index < -0.39 is 71.1 Å². The van der Waals surface area contributed by atoms with Gasteiger partial charge in [0.25, 0.3) is 0 Å². The third kappa shape index (κ3) is 3.87. The molecule has 3 heterocycles. The standard InChI is InChI=1S/C20H18F3NO8/c21-20(22,23)14-9-4-3-8(24-15-17(27)16(26)12(7-25)32-19(15)29)6-11(9)31-18(28)13(14)10-2-1-5-30-10/h1-6,12,15-17,19,24-27,29H,7H2/t12?,15?,16-,17-,19?/m1/s1. The van der Waals surface area contributed by atoms with Crippen LogP contribution >= 0.6 is 0 Å². The number of anilines is 1. The Labute approximate surface area is 177 Å². The molecular weight excluding hydrogens is 439 g/mol. The number of hydrogen-bond acceptors (Lipinski definition) is 9. The van der Waals surface area contributed by atoms with E-state index in [4.69, 9.17) is 18.7 Å². The van der Waals surface area contributed by atoms with Crippen LogP contribution in [0, 0.1) is 0 Å². The Balaban J connectivity index is 1.76. The maximum atomic E-state index is 13.9. The van der Waals surface area contributed by atoms with Crippen LogP contribution in [0.3, 0.4) is 0 Å². The van der Waals surface area contributed by atoms with Crippen molar-refractivity contribution in [2.45, 2.75) is 36.8 Å². The van der Waals surface area contributed by atoms with E-state index in [1.807, 2.05) is 0 Å². The summed E-state index contributed by atoms with van der Waals surface area (Å²) in [6, 6.07) is 4.62. The maximum absolute atomic E-state index is 13.9. The molecule has 3 aromatic rings. The molecule has 0 bridgehead atoms. The lowest BCUT2D eigenvalue weighted by Crippen LogP contribution is -2.61. The molecule has 5 N–H and O–H groups in total. The second-order valence-corrected chi connectivity index (χ2v) is 7.22. The second kappa shape index (κ2) is 8.22. The van der Waals surface area contributed by atoms with Gasteiger partial charge in [-0.1, -0.05) is 0 Å². The van der Waals surface area contributed by atoms with Gasteiger partial charge in [-0.25, -0.2) is 4.79 Å². The number of rotatable bonds is 4. The van der Waals surface area contributed by atoms with Gasteiger partial charge in [-0.15, -0.1) is 0 Å². The van der Waals surface area contributed by atoms with Crippen LogP contribution in [0.4, 0.5) is 18.9 Å². The van der Waals surface area contributed by atoms with Crippen molar-refractivity contribution < 1.29 is 47.2 Å². The van der Waals surface area contributed by atoms with Gasteiger partial charge in [-0.2, -0.15) is 13.2 Å². The molecule has 1 aliphatic heterocycles. The van der Waals surface area contributed by atoms with Crippen molar-refractivity contribution >= 4 is 16.7 Å². The fourth-order valence-corrected chi connectivity index (χ4v) is 3.68. The molecule has 12 heteroatoms. The van der Waals surface area contributed by atoms with E-state index in [0.717, 1.165) is 18.4 Å². The maximum Gasteiger partial charge on any atom is 0.418 e. The molecule has 1 aliphatic rings. The summed E-state index contributed by atoms with van der Waals surface area (Å²) in [5.41, 5.74) is -3.59. The third-order valence-electron chi connectivity index (χ3n) is 5.19. The SMILES string of the molecule is O=c1oc2cc(NC3C(O)OC(CO)[C@@H](O)[C@@H]3O)ccc2c(C(F)(F)F)c1-c1ccco1. The van der Waals surface area contributed by atoms with Crippen molar-refractivity contribution in [3.63, 3.8) is 0 Å². The van der Waals surface area contributed by atoms with Crippen molar-refractivity contribution in [2.24, 2.45) is 0 Å². The zero-order chi connectivity index (χ0) is 23.2. The summed E-state index contributed by atoms with van der Waals surface area (Å²) in [5.74, 6) is -0.298. The molecular formula is C20H18F3NO8. The van der Waals surface area contributed by atoms with Crippen molar-refractivity contribution in [1.82, 2.24) is 0 Å². The number of halogens is 3. The van der Waals surface area contributed by atoms with Crippen molar-refractivity contribution in [3.8, 4) is 11.3 Å². The van der Waals surface area contributed by atoms with E-state index >= 15 is 0 Å². The minimum atomic E-state index is -4.90. The highest BCUT2D eigenvalue weighted by molar-refractivity contribution is 5.88. The molecule has 0 aliphatic carbocycles. The smallest absolute Gasteiger partial charge is 0.418 e. The minimum absolute atomic E-state index is 0.0703. The Morgan fingerprint density at radius 2 is 1.84 bits per heavy atom. The molecule has 0 saturated carbocycles. The lowest BCUT2D eigenvalue weighted by atomic mass is 9.96. The highest BCUT2D eigenvalue weighted by atomic mass is 19.4. The highest BCUT2D eigenvalue weighted by Crippen LogP contribution is 2.40. The van der Waals surface area contributed by atoms with Gasteiger partial charge in [0.1, 0.15) is 41.3 Å². The van der Waals surface area contributed by atoms with Crippen LogP contribution in [0.1, 0.15) is 5.56 Å². The fraction of sp³-hybridized carbons (Fsp3) is 0.350. The molecule has 0 spiro atoms. The molecule has 1 aromatic carbocycles. The molecule has 32 heavy (non-hydrogen) atoms. The van der Waals surface area contributed by atoms with E-state index in [1.165, 1.54) is 18.2 Å². The average molecular weight is 457 g/mol.